The Morgan fingerprint density at radius 3 is 2.80 bits per heavy atom. The molecule has 2 heterocycles. The molecule has 5 atom stereocenters. The van der Waals surface area contributed by atoms with Crippen molar-refractivity contribution < 1.29 is 19.3 Å². The van der Waals surface area contributed by atoms with Crippen molar-refractivity contribution in [2.45, 2.75) is 37.6 Å². The first-order chi connectivity index (χ1) is 9.32. The summed E-state index contributed by atoms with van der Waals surface area (Å²) in [6.45, 7) is 1.35. The summed E-state index contributed by atoms with van der Waals surface area (Å²) in [5.41, 5.74) is -1.45. The molecule has 7 nitrogen and oxygen atoms in total. The smallest absolute Gasteiger partial charge is 0.330 e. The summed E-state index contributed by atoms with van der Waals surface area (Å²) in [7, 11) is 0. The number of aliphatic hydroxyl groups is 2. The zero-order chi connectivity index (χ0) is 15.0. The second-order valence-corrected chi connectivity index (χ2v) is 4.95. The third-order valence-corrected chi connectivity index (χ3v) is 3.58. The minimum Gasteiger partial charge on any atom is -0.388 e. The van der Waals surface area contributed by atoms with Crippen LogP contribution in [-0.4, -0.2) is 49.1 Å². The number of hydrogen-bond acceptors (Lipinski definition) is 6. The van der Waals surface area contributed by atoms with Crippen LogP contribution in [-0.2, 0) is 4.74 Å². The van der Waals surface area contributed by atoms with Crippen molar-refractivity contribution in [1.29, 1.82) is 0 Å². The van der Waals surface area contributed by atoms with Crippen molar-refractivity contribution >= 4 is 17.1 Å². The molecule has 1 fully saturated rings. The number of ether oxygens (including phenoxy) is 1. The topological polar surface area (TPSA) is 105 Å². The number of alkyl halides is 1. The first kappa shape index (κ1) is 15.0. The highest BCUT2D eigenvalue weighted by atomic mass is 32.1. The second-order valence-electron chi connectivity index (χ2n) is 4.48. The standard InChI is InChI=1S/C11H13FN2O5S/c1-4(15)9(20)8-6(12)7(17)10(19-8)14-3-2-5(16)13-11(14)18/h2-4,6-8,10,15,17H,1H3,(H,13,16,18)/t4?,6-,7-,8+,10-/m1/s1. The van der Waals surface area contributed by atoms with Crippen molar-refractivity contribution in [3.05, 3.63) is 33.1 Å². The fraction of sp³-hybridized carbons (Fsp3) is 0.545. The van der Waals surface area contributed by atoms with E-state index in [9.17, 15) is 24.2 Å². The summed E-state index contributed by atoms with van der Waals surface area (Å²) in [5, 5.41) is 19.2. The summed E-state index contributed by atoms with van der Waals surface area (Å²) < 4.78 is 20.1. The van der Waals surface area contributed by atoms with Gasteiger partial charge in [-0.1, -0.05) is 12.2 Å². The highest BCUT2D eigenvalue weighted by molar-refractivity contribution is 7.80. The van der Waals surface area contributed by atoms with Crippen molar-refractivity contribution in [3.8, 4) is 0 Å². The minimum atomic E-state index is -1.87. The van der Waals surface area contributed by atoms with Crippen LogP contribution in [0, 0.1) is 0 Å². The predicted molar refractivity (Wildman–Crippen MR) is 70.4 cm³/mol. The van der Waals surface area contributed by atoms with E-state index in [1.54, 1.807) is 0 Å². The summed E-state index contributed by atoms with van der Waals surface area (Å²) in [4.78, 5) is 24.4. The van der Waals surface area contributed by atoms with E-state index in [1.165, 1.54) is 6.92 Å². The van der Waals surface area contributed by atoms with E-state index in [4.69, 9.17) is 17.0 Å². The van der Waals surface area contributed by atoms with Crippen LogP contribution in [0.5, 0.6) is 0 Å². The van der Waals surface area contributed by atoms with E-state index in [2.05, 4.69) is 0 Å². The number of aromatic nitrogens is 2. The molecule has 0 saturated carbocycles. The highest BCUT2D eigenvalue weighted by Gasteiger charge is 2.47. The summed E-state index contributed by atoms with van der Waals surface area (Å²) in [5.74, 6) is 0. The molecule has 20 heavy (non-hydrogen) atoms. The Bertz CT molecular complexity index is 628. The average Bonchev–Trinajstić information content (AvgIpc) is 2.66. The Morgan fingerprint density at radius 2 is 2.25 bits per heavy atom. The zero-order valence-corrected chi connectivity index (χ0v) is 11.2. The first-order valence-electron chi connectivity index (χ1n) is 5.84. The Balaban J connectivity index is 2.33. The van der Waals surface area contributed by atoms with E-state index in [-0.39, 0.29) is 4.86 Å². The fourth-order valence-electron chi connectivity index (χ4n) is 1.96. The third kappa shape index (κ3) is 2.57. The van der Waals surface area contributed by atoms with Crippen LogP contribution >= 0.6 is 12.2 Å². The zero-order valence-electron chi connectivity index (χ0n) is 10.4. The largest absolute Gasteiger partial charge is 0.388 e. The number of thiocarbonyl (C=S) groups is 1. The third-order valence-electron chi connectivity index (χ3n) is 3.01. The number of hydrogen-bond donors (Lipinski definition) is 3. The molecule has 0 radical (unpaired) electrons. The van der Waals surface area contributed by atoms with E-state index in [1.807, 2.05) is 4.98 Å². The van der Waals surface area contributed by atoms with Gasteiger partial charge >= 0.3 is 5.69 Å². The molecule has 0 aliphatic carbocycles. The van der Waals surface area contributed by atoms with E-state index in [0.29, 0.717) is 0 Å². The number of nitrogens with zero attached hydrogens (tertiary/aromatic N) is 1. The van der Waals surface area contributed by atoms with E-state index < -0.39 is 42.0 Å². The van der Waals surface area contributed by atoms with Gasteiger partial charge in [-0.3, -0.25) is 14.3 Å². The fourth-order valence-corrected chi connectivity index (χ4v) is 2.15. The van der Waals surface area contributed by atoms with Gasteiger partial charge in [0.05, 0.1) is 11.0 Å². The monoisotopic (exact) mass is 304 g/mol. The van der Waals surface area contributed by atoms with Crippen LogP contribution in [0.4, 0.5) is 4.39 Å². The Kier molecular flexibility index (Phi) is 4.14. The molecule has 0 spiro atoms. The normalized spacial score (nSPS) is 31.2. The number of rotatable bonds is 3. The molecule has 1 aromatic heterocycles. The van der Waals surface area contributed by atoms with Gasteiger partial charge in [0, 0.05) is 12.3 Å². The first-order valence-corrected chi connectivity index (χ1v) is 6.24. The Labute approximate surface area is 117 Å². The van der Waals surface area contributed by atoms with Gasteiger partial charge in [-0.2, -0.15) is 0 Å². The predicted octanol–water partition coefficient (Wildman–Crippen LogP) is -1.12. The van der Waals surface area contributed by atoms with E-state index >= 15 is 0 Å². The molecule has 9 heteroatoms. The minimum absolute atomic E-state index is 0.100. The van der Waals surface area contributed by atoms with Crippen molar-refractivity contribution in [2.24, 2.45) is 0 Å². The molecular weight excluding hydrogens is 291 g/mol. The molecule has 0 amide bonds. The molecule has 3 N–H and O–H groups in total. The lowest BCUT2D eigenvalue weighted by Crippen LogP contribution is -2.37. The van der Waals surface area contributed by atoms with Gasteiger partial charge in [0.1, 0.15) is 12.2 Å². The Morgan fingerprint density at radius 1 is 1.60 bits per heavy atom. The van der Waals surface area contributed by atoms with E-state index in [0.717, 1.165) is 16.8 Å². The number of H-pyrrole nitrogens is 1. The van der Waals surface area contributed by atoms with Gasteiger partial charge in [0.25, 0.3) is 5.56 Å². The lowest BCUT2D eigenvalue weighted by atomic mass is 10.1. The molecule has 0 aromatic carbocycles. The number of nitrogens with one attached hydrogen (secondary N) is 1. The van der Waals surface area contributed by atoms with Gasteiger partial charge in [0.15, 0.2) is 12.4 Å². The lowest BCUT2D eigenvalue weighted by Gasteiger charge is -2.17. The molecule has 2 rings (SSSR count). The summed E-state index contributed by atoms with van der Waals surface area (Å²) >= 11 is 4.85. The maximum atomic E-state index is 14.0. The molecule has 0 bridgehead atoms. The quantitative estimate of drug-likeness (QED) is 0.611. The number of aromatic amines is 1. The van der Waals surface area contributed by atoms with Crippen LogP contribution in [0.25, 0.3) is 0 Å². The van der Waals surface area contributed by atoms with Gasteiger partial charge in [-0.15, -0.1) is 0 Å². The molecule has 1 unspecified atom stereocenters. The van der Waals surface area contributed by atoms with Crippen molar-refractivity contribution in [2.75, 3.05) is 0 Å². The van der Waals surface area contributed by atoms with Crippen LogP contribution < -0.4 is 11.2 Å². The van der Waals surface area contributed by atoms with Crippen LogP contribution in [0.15, 0.2) is 21.9 Å². The van der Waals surface area contributed by atoms with Crippen molar-refractivity contribution in [1.82, 2.24) is 9.55 Å². The van der Waals surface area contributed by atoms with Gasteiger partial charge in [-0.05, 0) is 6.92 Å². The lowest BCUT2D eigenvalue weighted by molar-refractivity contribution is -0.0258. The van der Waals surface area contributed by atoms with Crippen LogP contribution in [0.1, 0.15) is 13.2 Å². The second kappa shape index (κ2) is 5.52. The average molecular weight is 304 g/mol. The van der Waals surface area contributed by atoms with Crippen LogP contribution in [0.3, 0.4) is 0 Å². The summed E-state index contributed by atoms with van der Waals surface area (Å²) in [6.07, 6.45) is -6.14. The van der Waals surface area contributed by atoms with Crippen molar-refractivity contribution in [3.63, 3.8) is 0 Å². The van der Waals surface area contributed by atoms with Gasteiger partial charge in [0.2, 0.25) is 0 Å². The molecule has 1 aliphatic heterocycles. The molecule has 1 aliphatic rings. The highest BCUT2D eigenvalue weighted by Crippen LogP contribution is 2.31. The Hall–Kier alpha value is -1.42. The SMILES string of the molecule is CC(O)C(=S)[C@H]1O[C@@H](n2ccc(=O)[nH]c2=O)[C@H](O)[C@H]1F. The molecule has 1 saturated heterocycles. The molecular formula is C11H13FN2O5S. The van der Waals surface area contributed by atoms with Crippen LogP contribution in [0.2, 0.25) is 0 Å². The summed E-state index contributed by atoms with van der Waals surface area (Å²) in [6, 6.07) is 1.05. The number of halogens is 1. The maximum absolute atomic E-state index is 14.0. The molecule has 1 aromatic rings. The molecule has 110 valence electrons. The van der Waals surface area contributed by atoms with Gasteiger partial charge in [-0.25, -0.2) is 9.18 Å². The number of aliphatic hydroxyl groups excluding tert-OH is 2. The maximum Gasteiger partial charge on any atom is 0.330 e. The van der Waals surface area contributed by atoms with Gasteiger partial charge < -0.3 is 14.9 Å².